The third kappa shape index (κ3) is 4.16. The first-order valence-corrected chi connectivity index (χ1v) is 8.58. The highest BCUT2D eigenvalue weighted by Gasteiger charge is 2.25. The van der Waals surface area contributed by atoms with E-state index in [1.54, 1.807) is 18.4 Å². The van der Waals surface area contributed by atoms with Crippen LogP contribution in [0.1, 0.15) is 30.3 Å². The van der Waals surface area contributed by atoms with Gasteiger partial charge in [0.15, 0.2) is 5.13 Å². The number of hydrogen-bond acceptors (Lipinski definition) is 6. The van der Waals surface area contributed by atoms with Gasteiger partial charge in [0.25, 0.3) is 0 Å². The lowest BCUT2D eigenvalue weighted by atomic mass is 10.2. The molecule has 1 fully saturated rings. The molecule has 1 aromatic rings. The van der Waals surface area contributed by atoms with Gasteiger partial charge in [-0.1, -0.05) is 6.92 Å². The van der Waals surface area contributed by atoms with E-state index in [4.69, 9.17) is 9.72 Å². The van der Waals surface area contributed by atoms with Gasteiger partial charge in [-0.15, -0.1) is 11.3 Å². The fourth-order valence-corrected chi connectivity index (χ4v) is 4.04. The number of nitrogens with zero attached hydrogens (tertiary/aromatic N) is 3. The summed E-state index contributed by atoms with van der Waals surface area (Å²) in [4.78, 5) is 10.9. The molecule has 1 unspecified atom stereocenters. The van der Waals surface area contributed by atoms with Gasteiger partial charge < -0.3 is 15.0 Å². The highest BCUT2D eigenvalue weighted by molar-refractivity contribution is 7.15. The summed E-state index contributed by atoms with van der Waals surface area (Å²) < 4.78 is 5.27. The van der Waals surface area contributed by atoms with E-state index in [-0.39, 0.29) is 0 Å². The Morgan fingerprint density at radius 3 is 3.00 bits per heavy atom. The van der Waals surface area contributed by atoms with Gasteiger partial charge in [-0.2, -0.15) is 0 Å². The Morgan fingerprint density at radius 1 is 1.52 bits per heavy atom. The summed E-state index contributed by atoms with van der Waals surface area (Å²) in [6, 6.07) is 0.669. The molecule has 2 heterocycles. The summed E-state index contributed by atoms with van der Waals surface area (Å²) in [7, 11) is 5.85. The zero-order valence-corrected chi connectivity index (χ0v) is 14.5. The van der Waals surface area contributed by atoms with Crippen molar-refractivity contribution < 1.29 is 4.74 Å². The van der Waals surface area contributed by atoms with Crippen molar-refractivity contribution in [1.29, 1.82) is 0 Å². The predicted molar refractivity (Wildman–Crippen MR) is 89.1 cm³/mol. The molecule has 0 aromatic carbocycles. The lowest BCUT2D eigenvalue weighted by molar-refractivity contribution is 0.181. The molecular weight excluding hydrogens is 284 g/mol. The summed E-state index contributed by atoms with van der Waals surface area (Å²) >= 11 is 1.78. The zero-order valence-electron chi connectivity index (χ0n) is 13.7. The second-order valence-corrected chi connectivity index (χ2v) is 6.70. The monoisotopic (exact) mass is 312 g/mol. The molecule has 21 heavy (non-hydrogen) atoms. The molecule has 1 atom stereocenters. The number of likely N-dealkylation sites (N-methyl/N-ethyl adjacent to an activating group) is 2. The van der Waals surface area contributed by atoms with Crippen LogP contribution in [0, 0.1) is 0 Å². The van der Waals surface area contributed by atoms with E-state index in [0.717, 1.165) is 30.5 Å². The summed E-state index contributed by atoms with van der Waals surface area (Å²) in [6.45, 7) is 7.15. The first-order valence-electron chi connectivity index (χ1n) is 7.76. The number of anilines is 1. The van der Waals surface area contributed by atoms with Gasteiger partial charge in [0.05, 0.1) is 12.3 Å². The Balaban J connectivity index is 2.04. The van der Waals surface area contributed by atoms with Crippen LogP contribution < -0.4 is 10.2 Å². The van der Waals surface area contributed by atoms with Crippen molar-refractivity contribution >= 4 is 16.5 Å². The fraction of sp³-hybridized carbons (Fsp3) is 0.800. The van der Waals surface area contributed by atoms with Gasteiger partial charge in [-0.3, -0.25) is 4.90 Å². The van der Waals surface area contributed by atoms with Crippen molar-refractivity contribution in [3.8, 4) is 0 Å². The van der Waals surface area contributed by atoms with Crippen molar-refractivity contribution in [2.75, 3.05) is 45.7 Å². The largest absolute Gasteiger partial charge is 0.378 e. The van der Waals surface area contributed by atoms with Gasteiger partial charge >= 0.3 is 0 Å². The van der Waals surface area contributed by atoms with Crippen LogP contribution in [0.5, 0.6) is 0 Å². The minimum atomic E-state index is 0.589. The van der Waals surface area contributed by atoms with Crippen LogP contribution in [0.3, 0.4) is 0 Å². The lowest BCUT2D eigenvalue weighted by Gasteiger charge is -2.27. The number of rotatable bonds is 8. The Morgan fingerprint density at radius 2 is 2.33 bits per heavy atom. The predicted octanol–water partition coefficient (Wildman–Crippen LogP) is 1.93. The van der Waals surface area contributed by atoms with Crippen LogP contribution >= 0.6 is 11.3 Å². The quantitative estimate of drug-likeness (QED) is 0.794. The summed E-state index contributed by atoms with van der Waals surface area (Å²) in [6.07, 6.45) is 2.63. The summed E-state index contributed by atoms with van der Waals surface area (Å²) in [5.74, 6) is 0. The summed E-state index contributed by atoms with van der Waals surface area (Å²) in [5.41, 5.74) is 1.07. The van der Waals surface area contributed by atoms with E-state index in [1.807, 2.05) is 7.05 Å². The van der Waals surface area contributed by atoms with Gasteiger partial charge in [0.2, 0.25) is 0 Å². The average molecular weight is 312 g/mol. The SMILES string of the molecule is CCN1CCCC1CN(C)c1nc(COC)c(CNC)s1. The van der Waals surface area contributed by atoms with E-state index >= 15 is 0 Å². The number of aromatic nitrogens is 1. The molecule has 1 aromatic heterocycles. The van der Waals surface area contributed by atoms with E-state index in [1.165, 1.54) is 24.3 Å². The third-order valence-electron chi connectivity index (χ3n) is 4.10. The highest BCUT2D eigenvalue weighted by Crippen LogP contribution is 2.28. The molecule has 1 aliphatic rings. The highest BCUT2D eigenvalue weighted by atomic mass is 32.1. The zero-order chi connectivity index (χ0) is 15.2. The smallest absolute Gasteiger partial charge is 0.185 e. The number of hydrogen-bond donors (Lipinski definition) is 1. The normalized spacial score (nSPS) is 19.3. The maximum Gasteiger partial charge on any atom is 0.185 e. The second kappa shape index (κ2) is 8.08. The van der Waals surface area contributed by atoms with E-state index in [0.29, 0.717) is 12.6 Å². The first-order chi connectivity index (χ1) is 10.2. The maximum atomic E-state index is 5.27. The van der Waals surface area contributed by atoms with Crippen LogP contribution in [0.15, 0.2) is 0 Å². The van der Waals surface area contributed by atoms with Crippen molar-refractivity contribution in [3.63, 3.8) is 0 Å². The number of likely N-dealkylation sites (tertiary alicyclic amines) is 1. The Bertz CT molecular complexity index is 414. The number of methoxy groups -OCH3 is 1. The average Bonchev–Trinajstić information content (AvgIpc) is 3.07. The molecule has 120 valence electrons. The molecule has 6 heteroatoms. The van der Waals surface area contributed by atoms with Crippen LogP contribution in [0.4, 0.5) is 5.13 Å². The number of thiazole rings is 1. The van der Waals surface area contributed by atoms with Crippen LogP contribution in [0.2, 0.25) is 0 Å². The van der Waals surface area contributed by atoms with Crippen LogP contribution in [-0.4, -0.2) is 56.8 Å². The third-order valence-corrected chi connectivity index (χ3v) is 5.31. The molecule has 0 saturated carbocycles. The first kappa shape index (κ1) is 16.7. The number of nitrogens with one attached hydrogen (secondary N) is 1. The lowest BCUT2D eigenvalue weighted by Crippen LogP contribution is -2.38. The molecule has 5 nitrogen and oxygen atoms in total. The molecule has 1 saturated heterocycles. The second-order valence-electron chi connectivity index (χ2n) is 5.63. The Kier molecular flexibility index (Phi) is 6.41. The molecule has 0 amide bonds. The Labute approximate surface area is 132 Å². The maximum absolute atomic E-state index is 5.27. The van der Waals surface area contributed by atoms with Crippen molar-refractivity contribution in [1.82, 2.24) is 15.2 Å². The van der Waals surface area contributed by atoms with Gasteiger partial charge in [-0.05, 0) is 33.0 Å². The van der Waals surface area contributed by atoms with Crippen molar-refractivity contribution in [2.45, 2.75) is 39.0 Å². The van der Waals surface area contributed by atoms with Gasteiger partial charge in [0, 0.05) is 38.2 Å². The van der Waals surface area contributed by atoms with Crippen molar-refractivity contribution in [2.24, 2.45) is 0 Å². The molecule has 2 rings (SSSR count). The molecular formula is C15H28N4OS. The topological polar surface area (TPSA) is 40.6 Å². The van der Waals surface area contributed by atoms with E-state index in [9.17, 15) is 0 Å². The Hall–Kier alpha value is -0.690. The minimum absolute atomic E-state index is 0.589. The standard InChI is InChI=1S/C15H28N4OS/c1-5-19-8-6-7-12(19)10-18(3)15-17-13(11-20-4)14(21-15)9-16-2/h12,16H,5-11H2,1-4H3. The van der Waals surface area contributed by atoms with E-state index in [2.05, 4.69) is 29.1 Å². The van der Waals surface area contributed by atoms with E-state index < -0.39 is 0 Å². The molecule has 0 spiro atoms. The molecule has 1 N–H and O–H groups in total. The summed E-state index contributed by atoms with van der Waals surface area (Å²) in [5, 5.41) is 4.32. The fourth-order valence-electron chi connectivity index (χ4n) is 2.99. The molecule has 0 radical (unpaired) electrons. The minimum Gasteiger partial charge on any atom is -0.378 e. The van der Waals surface area contributed by atoms with Gasteiger partial charge in [0.1, 0.15) is 0 Å². The van der Waals surface area contributed by atoms with Gasteiger partial charge in [-0.25, -0.2) is 4.98 Å². The molecule has 0 aliphatic carbocycles. The van der Waals surface area contributed by atoms with Crippen LogP contribution in [0.25, 0.3) is 0 Å². The van der Waals surface area contributed by atoms with Crippen molar-refractivity contribution in [3.05, 3.63) is 10.6 Å². The van der Waals surface area contributed by atoms with Crippen LogP contribution in [-0.2, 0) is 17.9 Å². The number of ether oxygens (including phenoxy) is 1. The molecule has 0 bridgehead atoms. The molecule has 1 aliphatic heterocycles.